The second kappa shape index (κ2) is 8.81. The van der Waals surface area contributed by atoms with Crippen LogP contribution in [0.4, 0.5) is 4.79 Å². The van der Waals surface area contributed by atoms with E-state index in [4.69, 9.17) is 17.1 Å². The molecule has 0 aromatic heterocycles. The molecule has 2 aliphatic heterocycles. The summed E-state index contributed by atoms with van der Waals surface area (Å²) in [5.74, 6) is 0.549. The molecule has 1 aromatic carbocycles. The van der Waals surface area contributed by atoms with Crippen LogP contribution in [0.1, 0.15) is 18.4 Å². The van der Waals surface area contributed by atoms with Crippen LogP contribution < -0.4 is 5.48 Å². The summed E-state index contributed by atoms with van der Waals surface area (Å²) in [5.41, 5.74) is 3.96. The van der Waals surface area contributed by atoms with Gasteiger partial charge < -0.3 is 5.11 Å². The van der Waals surface area contributed by atoms with Crippen LogP contribution in [0.5, 0.6) is 0 Å². The van der Waals surface area contributed by atoms with Crippen molar-refractivity contribution in [2.45, 2.75) is 31.5 Å². The number of rotatable bonds is 5. The van der Waals surface area contributed by atoms with Crippen molar-refractivity contribution in [3.05, 3.63) is 35.9 Å². The van der Waals surface area contributed by atoms with Crippen molar-refractivity contribution >= 4 is 40.3 Å². The summed E-state index contributed by atoms with van der Waals surface area (Å²) in [6, 6.07) is 8.88. The number of nitrogens with zero attached hydrogens (tertiary/aromatic N) is 2. The van der Waals surface area contributed by atoms with E-state index in [9.17, 15) is 14.7 Å². The lowest BCUT2D eigenvalue weighted by molar-refractivity contribution is -0.134. The van der Waals surface area contributed by atoms with Gasteiger partial charge in [-0.25, -0.2) is 4.79 Å². The van der Waals surface area contributed by atoms with Gasteiger partial charge in [-0.05, 0) is 18.4 Å². The number of hydrogen-bond acceptors (Lipinski definition) is 6. The monoisotopic (exact) mass is 395 g/mol. The molecule has 0 bridgehead atoms. The van der Waals surface area contributed by atoms with Gasteiger partial charge in [-0.3, -0.25) is 19.4 Å². The molecule has 3 rings (SSSR count). The Morgan fingerprint density at radius 1 is 1.31 bits per heavy atom. The van der Waals surface area contributed by atoms with E-state index in [0.717, 1.165) is 11.3 Å². The number of benzene rings is 1. The number of hydroxylamine groups is 1. The first-order valence-electron chi connectivity index (χ1n) is 8.45. The number of nitrogens with one attached hydrogen (secondary N) is 1. The number of piperidine rings is 1. The second-order valence-corrected chi connectivity index (χ2v) is 7.95. The Hall–Kier alpha value is -1.68. The first-order valence-corrected chi connectivity index (χ1v) is 9.84. The number of thiocarbonyl (C=S) groups is 1. The molecular weight excluding hydrogens is 374 g/mol. The first kappa shape index (κ1) is 19.1. The van der Waals surface area contributed by atoms with Crippen molar-refractivity contribution in [3.8, 4) is 0 Å². The summed E-state index contributed by atoms with van der Waals surface area (Å²) in [6.45, 7) is 1.15. The van der Waals surface area contributed by atoms with Gasteiger partial charge in [0.15, 0.2) is 0 Å². The van der Waals surface area contributed by atoms with Crippen molar-refractivity contribution in [1.29, 1.82) is 0 Å². The summed E-state index contributed by atoms with van der Waals surface area (Å²) < 4.78 is 0.534. The van der Waals surface area contributed by atoms with E-state index in [-0.39, 0.29) is 18.5 Å². The van der Waals surface area contributed by atoms with Gasteiger partial charge in [0.25, 0.3) is 5.91 Å². The Morgan fingerprint density at radius 3 is 2.73 bits per heavy atom. The smallest absolute Gasteiger partial charge is 0.408 e. The molecule has 7 nitrogen and oxygen atoms in total. The maximum atomic E-state index is 12.7. The van der Waals surface area contributed by atoms with Crippen LogP contribution in [-0.4, -0.2) is 62.2 Å². The van der Waals surface area contributed by atoms with Crippen LogP contribution in [0, 0.1) is 0 Å². The topological polar surface area (TPSA) is 82.1 Å². The number of carboxylic acid groups (broad SMARTS) is 1. The summed E-state index contributed by atoms with van der Waals surface area (Å²) in [7, 11) is 0. The lowest BCUT2D eigenvalue weighted by Crippen LogP contribution is -2.58. The van der Waals surface area contributed by atoms with Crippen molar-refractivity contribution in [3.63, 3.8) is 0 Å². The maximum absolute atomic E-state index is 12.7. The molecule has 2 saturated heterocycles. The second-order valence-electron chi connectivity index (χ2n) is 6.22. The van der Waals surface area contributed by atoms with Crippen molar-refractivity contribution < 1.29 is 19.5 Å². The predicted molar refractivity (Wildman–Crippen MR) is 103 cm³/mol. The highest BCUT2D eigenvalue weighted by Gasteiger charge is 2.40. The zero-order valence-corrected chi connectivity index (χ0v) is 15.8. The third-order valence-corrected chi connectivity index (χ3v) is 5.90. The number of thioether (sulfide) groups is 1. The molecule has 2 N–H and O–H groups in total. The Morgan fingerprint density at radius 2 is 2.08 bits per heavy atom. The molecule has 1 aromatic rings. The molecule has 2 atom stereocenters. The van der Waals surface area contributed by atoms with Crippen LogP contribution in [0.25, 0.3) is 0 Å². The molecule has 140 valence electrons. The third-order valence-electron chi connectivity index (χ3n) is 4.47. The van der Waals surface area contributed by atoms with Gasteiger partial charge in [0.05, 0.1) is 12.6 Å². The Labute approximate surface area is 161 Å². The molecule has 2 heterocycles. The third kappa shape index (κ3) is 4.53. The highest BCUT2D eigenvalue weighted by molar-refractivity contribution is 8.23. The maximum Gasteiger partial charge on any atom is 0.408 e. The molecule has 9 heteroatoms. The van der Waals surface area contributed by atoms with Crippen LogP contribution >= 0.6 is 24.0 Å². The molecule has 0 saturated carbocycles. The predicted octanol–water partition coefficient (Wildman–Crippen LogP) is 2.08. The van der Waals surface area contributed by atoms with E-state index in [0.29, 0.717) is 30.3 Å². The van der Waals surface area contributed by atoms with Crippen molar-refractivity contribution in [2.75, 3.05) is 18.8 Å². The van der Waals surface area contributed by atoms with Gasteiger partial charge in [0.2, 0.25) is 0 Å². The summed E-state index contributed by atoms with van der Waals surface area (Å²) >= 11 is 6.64. The van der Waals surface area contributed by atoms with Crippen LogP contribution in [0.15, 0.2) is 30.3 Å². The summed E-state index contributed by atoms with van der Waals surface area (Å²) in [5, 5.41) is 9.54. The highest BCUT2D eigenvalue weighted by Crippen LogP contribution is 2.24. The standard InChI is InChI=1S/C17H21N3O4S2/c21-15(19-8-9-26-17(19)25)14-7-6-13(10-20(14)16(22)23)18-24-11-12-4-2-1-3-5-12/h1-5,13-14,18H,6-11H2,(H,22,23)/t13-,14+/m1/s1. The van der Waals surface area contributed by atoms with Crippen LogP contribution in [-0.2, 0) is 16.2 Å². The number of carbonyl (C=O) groups excluding carboxylic acids is 1. The minimum absolute atomic E-state index is 0.154. The van der Waals surface area contributed by atoms with E-state index < -0.39 is 12.1 Å². The molecule has 2 amide bonds. The average Bonchev–Trinajstić information content (AvgIpc) is 3.08. The minimum atomic E-state index is -1.10. The van der Waals surface area contributed by atoms with E-state index >= 15 is 0 Å². The minimum Gasteiger partial charge on any atom is -0.465 e. The summed E-state index contributed by atoms with van der Waals surface area (Å²) in [6.07, 6.45) is -0.0000357. The zero-order chi connectivity index (χ0) is 18.5. The van der Waals surface area contributed by atoms with Crippen molar-refractivity contribution in [1.82, 2.24) is 15.3 Å². The SMILES string of the molecule is O=C([C@@H]1CC[C@@H](NOCc2ccccc2)CN1C(=O)O)N1CCSC1=S. The molecule has 2 fully saturated rings. The molecule has 0 spiro atoms. The fraction of sp³-hybridized carbons (Fsp3) is 0.471. The van der Waals surface area contributed by atoms with E-state index in [2.05, 4.69) is 5.48 Å². The van der Waals surface area contributed by atoms with E-state index in [1.165, 1.54) is 21.6 Å². The lowest BCUT2D eigenvalue weighted by Gasteiger charge is -2.38. The fourth-order valence-electron chi connectivity index (χ4n) is 3.13. The molecule has 26 heavy (non-hydrogen) atoms. The number of carbonyl (C=O) groups is 2. The van der Waals surface area contributed by atoms with Gasteiger partial charge in [-0.2, -0.15) is 5.48 Å². The summed E-state index contributed by atoms with van der Waals surface area (Å²) in [4.78, 5) is 32.6. The van der Waals surface area contributed by atoms with Gasteiger partial charge in [-0.1, -0.05) is 54.3 Å². The van der Waals surface area contributed by atoms with Gasteiger partial charge in [-0.15, -0.1) is 0 Å². The number of hydrogen-bond donors (Lipinski definition) is 2. The fourth-order valence-corrected chi connectivity index (χ4v) is 4.34. The largest absolute Gasteiger partial charge is 0.465 e. The highest BCUT2D eigenvalue weighted by atomic mass is 32.2. The number of amides is 2. The lowest BCUT2D eigenvalue weighted by atomic mass is 9.98. The molecule has 0 aliphatic carbocycles. The van der Waals surface area contributed by atoms with Crippen LogP contribution in [0.3, 0.4) is 0 Å². The average molecular weight is 396 g/mol. The molecule has 0 unspecified atom stereocenters. The number of likely N-dealkylation sites (tertiary alicyclic amines) is 1. The molecular formula is C17H21N3O4S2. The Bertz CT molecular complexity index is 673. The Balaban J connectivity index is 1.55. The normalized spacial score (nSPS) is 23.3. The van der Waals surface area contributed by atoms with Crippen molar-refractivity contribution in [2.24, 2.45) is 0 Å². The molecule has 0 radical (unpaired) electrons. The Kier molecular flexibility index (Phi) is 6.47. The quantitative estimate of drug-likeness (QED) is 0.583. The van der Waals surface area contributed by atoms with Gasteiger partial charge in [0, 0.05) is 18.8 Å². The van der Waals surface area contributed by atoms with E-state index in [1.54, 1.807) is 0 Å². The zero-order valence-electron chi connectivity index (χ0n) is 14.2. The molecule has 2 aliphatic rings. The van der Waals surface area contributed by atoms with Gasteiger partial charge >= 0.3 is 6.09 Å². The van der Waals surface area contributed by atoms with Gasteiger partial charge in [0.1, 0.15) is 10.4 Å². The first-order chi connectivity index (χ1) is 12.6. The van der Waals surface area contributed by atoms with E-state index in [1.807, 2.05) is 30.3 Å². The van der Waals surface area contributed by atoms with Crippen LogP contribution in [0.2, 0.25) is 0 Å².